The number of benzene rings is 1. The Morgan fingerprint density at radius 2 is 1.90 bits per heavy atom. The van der Waals surface area contributed by atoms with Gasteiger partial charge in [-0.2, -0.15) is 0 Å². The van der Waals surface area contributed by atoms with Crippen molar-refractivity contribution in [2.24, 2.45) is 5.41 Å². The van der Waals surface area contributed by atoms with Gasteiger partial charge in [0, 0.05) is 11.1 Å². The van der Waals surface area contributed by atoms with Crippen molar-refractivity contribution in [1.29, 1.82) is 0 Å². The fourth-order valence-corrected chi connectivity index (χ4v) is 2.63. The van der Waals surface area contributed by atoms with Crippen molar-refractivity contribution in [3.63, 3.8) is 0 Å². The van der Waals surface area contributed by atoms with Gasteiger partial charge in [-0.05, 0) is 43.5 Å². The quantitative estimate of drug-likeness (QED) is 0.782. The van der Waals surface area contributed by atoms with Crippen molar-refractivity contribution < 1.29 is 9.53 Å². The van der Waals surface area contributed by atoms with Crippen LogP contribution in [-0.4, -0.2) is 12.5 Å². The number of unbranched alkanes of at least 4 members (excludes halogenated alkanes) is 1. The molecule has 1 aliphatic carbocycles. The van der Waals surface area contributed by atoms with Crippen LogP contribution < -0.4 is 10.1 Å². The van der Waals surface area contributed by atoms with Gasteiger partial charge in [0.2, 0.25) is 5.91 Å². The van der Waals surface area contributed by atoms with E-state index in [4.69, 9.17) is 4.74 Å². The van der Waals surface area contributed by atoms with E-state index >= 15 is 0 Å². The van der Waals surface area contributed by atoms with E-state index in [1.165, 1.54) is 0 Å². The zero-order valence-electron chi connectivity index (χ0n) is 12.6. The SMILES string of the molecule is CCCCOc1ccc(NC(=O)C2(C)CCCC2)cc1. The minimum absolute atomic E-state index is 0.148. The zero-order valence-corrected chi connectivity index (χ0v) is 12.6. The van der Waals surface area contributed by atoms with Gasteiger partial charge in [0.05, 0.1) is 6.61 Å². The maximum Gasteiger partial charge on any atom is 0.230 e. The Hall–Kier alpha value is -1.51. The van der Waals surface area contributed by atoms with Crippen LogP contribution in [-0.2, 0) is 4.79 Å². The van der Waals surface area contributed by atoms with Crippen LogP contribution in [0.5, 0.6) is 5.75 Å². The smallest absolute Gasteiger partial charge is 0.230 e. The number of carbonyl (C=O) groups excluding carboxylic acids is 1. The van der Waals surface area contributed by atoms with Crippen LogP contribution in [0.3, 0.4) is 0 Å². The summed E-state index contributed by atoms with van der Waals surface area (Å²) in [6.45, 7) is 4.96. The van der Waals surface area contributed by atoms with Crippen LogP contribution in [0.2, 0.25) is 0 Å². The van der Waals surface area contributed by atoms with E-state index in [0.29, 0.717) is 0 Å². The summed E-state index contributed by atoms with van der Waals surface area (Å²) in [4.78, 5) is 12.3. The van der Waals surface area contributed by atoms with Gasteiger partial charge >= 0.3 is 0 Å². The van der Waals surface area contributed by atoms with Crippen molar-refractivity contribution in [3.8, 4) is 5.75 Å². The van der Waals surface area contributed by atoms with Gasteiger partial charge in [-0.25, -0.2) is 0 Å². The maximum absolute atomic E-state index is 12.3. The predicted molar refractivity (Wildman–Crippen MR) is 82.0 cm³/mol. The fourth-order valence-electron chi connectivity index (χ4n) is 2.63. The van der Waals surface area contributed by atoms with E-state index in [1.807, 2.05) is 24.3 Å². The predicted octanol–water partition coefficient (Wildman–Crippen LogP) is 4.38. The van der Waals surface area contributed by atoms with Crippen molar-refractivity contribution >= 4 is 11.6 Å². The summed E-state index contributed by atoms with van der Waals surface area (Å²) in [5.41, 5.74) is 0.669. The first-order valence-corrected chi connectivity index (χ1v) is 7.68. The molecule has 0 unspecified atom stereocenters. The molecule has 1 saturated carbocycles. The molecule has 0 radical (unpaired) electrons. The summed E-state index contributed by atoms with van der Waals surface area (Å²) < 4.78 is 5.61. The molecule has 1 aliphatic rings. The molecule has 1 aromatic carbocycles. The fraction of sp³-hybridized carbons (Fsp3) is 0.588. The van der Waals surface area contributed by atoms with Crippen LogP contribution in [0.4, 0.5) is 5.69 Å². The molecular formula is C17H25NO2. The van der Waals surface area contributed by atoms with E-state index in [2.05, 4.69) is 19.2 Å². The lowest BCUT2D eigenvalue weighted by Gasteiger charge is -2.22. The number of carbonyl (C=O) groups is 1. The standard InChI is InChI=1S/C17H25NO2/c1-3-4-13-20-15-9-7-14(8-10-15)18-16(19)17(2)11-5-6-12-17/h7-10H,3-6,11-13H2,1-2H3,(H,18,19). The summed E-state index contributed by atoms with van der Waals surface area (Å²) in [5.74, 6) is 1.01. The second kappa shape index (κ2) is 6.78. The van der Waals surface area contributed by atoms with E-state index in [9.17, 15) is 4.79 Å². The number of amides is 1. The van der Waals surface area contributed by atoms with Gasteiger partial charge in [-0.3, -0.25) is 4.79 Å². The van der Waals surface area contributed by atoms with Crippen LogP contribution in [0.15, 0.2) is 24.3 Å². The summed E-state index contributed by atoms with van der Waals surface area (Å²) in [6, 6.07) is 7.67. The lowest BCUT2D eigenvalue weighted by Crippen LogP contribution is -2.30. The molecule has 3 heteroatoms. The Balaban J connectivity index is 1.88. The number of hydrogen-bond acceptors (Lipinski definition) is 2. The Morgan fingerprint density at radius 1 is 1.25 bits per heavy atom. The number of ether oxygens (including phenoxy) is 1. The van der Waals surface area contributed by atoms with E-state index in [0.717, 1.165) is 56.6 Å². The minimum atomic E-state index is -0.184. The topological polar surface area (TPSA) is 38.3 Å². The number of rotatable bonds is 6. The normalized spacial score (nSPS) is 16.9. The summed E-state index contributed by atoms with van der Waals surface area (Å²) >= 11 is 0. The monoisotopic (exact) mass is 275 g/mol. The Labute approximate surface area is 121 Å². The van der Waals surface area contributed by atoms with Crippen molar-refractivity contribution in [2.45, 2.75) is 52.4 Å². The van der Waals surface area contributed by atoms with Crippen LogP contribution in [0.25, 0.3) is 0 Å². The molecule has 110 valence electrons. The second-order valence-electron chi connectivity index (χ2n) is 5.95. The molecule has 1 N–H and O–H groups in total. The first-order chi connectivity index (χ1) is 9.64. The first kappa shape index (κ1) is 14.9. The molecule has 0 bridgehead atoms. The van der Waals surface area contributed by atoms with Gasteiger partial charge in [-0.15, -0.1) is 0 Å². The van der Waals surface area contributed by atoms with Gasteiger partial charge in [-0.1, -0.05) is 33.1 Å². The molecule has 0 atom stereocenters. The average molecular weight is 275 g/mol. The lowest BCUT2D eigenvalue weighted by atomic mass is 9.88. The van der Waals surface area contributed by atoms with Crippen LogP contribution in [0, 0.1) is 5.41 Å². The third-order valence-corrected chi connectivity index (χ3v) is 4.13. The summed E-state index contributed by atoms with van der Waals surface area (Å²) in [6.07, 6.45) is 6.51. The molecule has 20 heavy (non-hydrogen) atoms. The average Bonchev–Trinajstić information content (AvgIpc) is 2.89. The molecule has 1 amide bonds. The molecule has 0 heterocycles. The highest BCUT2D eigenvalue weighted by molar-refractivity contribution is 5.95. The number of nitrogens with one attached hydrogen (secondary N) is 1. The van der Waals surface area contributed by atoms with Crippen molar-refractivity contribution in [3.05, 3.63) is 24.3 Å². The third-order valence-electron chi connectivity index (χ3n) is 4.13. The zero-order chi connectivity index (χ0) is 14.4. The van der Waals surface area contributed by atoms with Gasteiger partial charge in [0.15, 0.2) is 0 Å². The molecule has 2 rings (SSSR count). The summed E-state index contributed by atoms with van der Waals surface area (Å²) in [7, 11) is 0. The molecule has 0 aromatic heterocycles. The Kier molecular flexibility index (Phi) is 5.05. The molecule has 0 saturated heterocycles. The van der Waals surface area contributed by atoms with Crippen molar-refractivity contribution in [1.82, 2.24) is 0 Å². The summed E-state index contributed by atoms with van der Waals surface area (Å²) in [5, 5.41) is 3.02. The maximum atomic E-state index is 12.3. The molecule has 0 spiro atoms. The molecule has 1 fully saturated rings. The van der Waals surface area contributed by atoms with Crippen LogP contribution >= 0.6 is 0 Å². The Bertz CT molecular complexity index is 433. The number of anilines is 1. The second-order valence-corrected chi connectivity index (χ2v) is 5.95. The highest BCUT2D eigenvalue weighted by Gasteiger charge is 2.36. The van der Waals surface area contributed by atoms with Gasteiger partial charge in [0.25, 0.3) is 0 Å². The van der Waals surface area contributed by atoms with Gasteiger partial charge in [0.1, 0.15) is 5.75 Å². The first-order valence-electron chi connectivity index (χ1n) is 7.68. The van der Waals surface area contributed by atoms with E-state index < -0.39 is 0 Å². The third kappa shape index (κ3) is 3.75. The van der Waals surface area contributed by atoms with E-state index in [-0.39, 0.29) is 11.3 Å². The largest absolute Gasteiger partial charge is 0.494 e. The van der Waals surface area contributed by atoms with Crippen molar-refractivity contribution in [2.75, 3.05) is 11.9 Å². The van der Waals surface area contributed by atoms with E-state index in [1.54, 1.807) is 0 Å². The molecule has 3 nitrogen and oxygen atoms in total. The Morgan fingerprint density at radius 3 is 2.50 bits per heavy atom. The number of hydrogen-bond donors (Lipinski definition) is 1. The highest BCUT2D eigenvalue weighted by Crippen LogP contribution is 2.38. The van der Waals surface area contributed by atoms with Crippen LogP contribution in [0.1, 0.15) is 52.4 Å². The minimum Gasteiger partial charge on any atom is -0.494 e. The highest BCUT2D eigenvalue weighted by atomic mass is 16.5. The van der Waals surface area contributed by atoms with Gasteiger partial charge < -0.3 is 10.1 Å². The molecular weight excluding hydrogens is 250 g/mol. The molecule has 1 aromatic rings. The lowest BCUT2D eigenvalue weighted by molar-refractivity contribution is -0.124. The molecule has 0 aliphatic heterocycles.